The highest BCUT2D eigenvalue weighted by Gasteiger charge is 2.15. The van der Waals surface area contributed by atoms with Gasteiger partial charge in [0.25, 0.3) is 10.0 Å². The highest BCUT2D eigenvalue weighted by Crippen LogP contribution is 2.27. The van der Waals surface area contributed by atoms with E-state index in [9.17, 15) is 8.42 Å². The summed E-state index contributed by atoms with van der Waals surface area (Å²) in [5.74, 6) is 0. The molecule has 0 aliphatic rings. The SMILES string of the molecule is CCNc1ccc(S(=O)(=O)Nc2ccccc2SC)cc1. The van der Waals surface area contributed by atoms with E-state index in [1.807, 2.05) is 31.4 Å². The van der Waals surface area contributed by atoms with Crippen LogP contribution >= 0.6 is 11.8 Å². The lowest BCUT2D eigenvalue weighted by Gasteiger charge is -2.11. The number of hydrogen-bond acceptors (Lipinski definition) is 4. The molecule has 0 saturated heterocycles. The molecule has 0 bridgehead atoms. The fourth-order valence-corrected chi connectivity index (χ4v) is 3.59. The Bertz CT molecular complexity index is 698. The molecule has 2 aromatic carbocycles. The molecular formula is C15H18N2O2S2. The number of sulfonamides is 1. The lowest BCUT2D eigenvalue weighted by atomic mass is 10.3. The second-order valence-corrected chi connectivity index (χ2v) is 6.89. The molecule has 0 heterocycles. The van der Waals surface area contributed by atoms with E-state index in [4.69, 9.17) is 0 Å². The molecule has 0 aliphatic heterocycles. The second-order valence-electron chi connectivity index (χ2n) is 4.36. The highest BCUT2D eigenvalue weighted by molar-refractivity contribution is 7.99. The van der Waals surface area contributed by atoms with Crippen LogP contribution in [-0.2, 0) is 10.0 Å². The molecule has 21 heavy (non-hydrogen) atoms. The van der Waals surface area contributed by atoms with Gasteiger partial charge in [-0.25, -0.2) is 8.42 Å². The fourth-order valence-electron chi connectivity index (χ4n) is 1.89. The van der Waals surface area contributed by atoms with E-state index in [2.05, 4.69) is 10.0 Å². The maximum Gasteiger partial charge on any atom is 0.261 e. The molecule has 0 aliphatic carbocycles. The summed E-state index contributed by atoms with van der Waals surface area (Å²) in [5.41, 5.74) is 1.50. The summed E-state index contributed by atoms with van der Waals surface area (Å²) in [6, 6.07) is 14.1. The van der Waals surface area contributed by atoms with Gasteiger partial charge in [0, 0.05) is 17.1 Å². The van der Waals surface area contributed by atoms with Gasteiger partial charge in [-0.2, -0.15) is 0 Å². The Labute approximate surface area is 130 Å². The van der Waals surface area contributed by atoms with E-state index in [-0.39, 0.29) is 4.90 Å². The average Bonchev–Trinajstić information content (AvgIpc) is 2.48. The lowest BCUT2D eigenvalue weighted by Crippen LogP contribution is -2.13. The van der Waals surface area contributed by atoms with E-state index in [0.29, 0.717) is 5.69 Å². The van der Waals surface area contributed by atoms with Crippen molar-refractivity contribution in [1.82, 2.24) is 0 Å². The van der Waals surface area contributed by atoms with E-state index < -0.39 is 10.0 Å². The number of thioether (sulfide) groups is 1. The third kappa shape index (κ3) is 3.92. The fraction of sp³-hybridized carbons (Fsp3) is 0.200. The van der Waals surface area contributed by atoms with Crippen molar-refractivity contribution >= 4 is 33.2 Å². The molecule has 0 saturated carbocycles. The summed E-state index contributed by atoms with van der Waals surface area (Å²) in [5, 5.41) is 3.14. The highest BCUT2D eigenvalue weighted by atomic mass is 32.2. The van der Waals surface area contributed by atoms with Crippen molar-refractivity contribution in [2.24, 2.45) is 0 Å². The van der Waals surface area contributed by atoms with Crippen molar-refractivity contribution in [2.75, 3.05) is 22.8 Å². The van der Waals surface area contributed by atoms with Gasteiger partial charge in [-0.15, -0.1) is 11.8 Å². The molecular weight excluding hydrogens is 304 g/mol. The smallest absolute Gasteiger partial charge is 0.261 e. The van der Waals surface area contributed by atoms with Crippen LogP contribution in [-0.4, -0.2) is 21.2 Å². The van der Waals surface area contributed by atoms with Crippen molar-refractivity contribution in [2.45, 2.75) is 16.7 Å². The Morgan fingerprint density at radius 1 is 1.05 bits per heavy atom. The van der Waals surface area contributed by atoms with Gasteiger partial charge in [0.05, 0.1) is 10.6 Å². The molecule has 0 spiro atoms. The molecule has 2 N–H and O–H groups in total. The van der Waals surface area contributed by atoms with Crippen LogP contribution in [0.25, 0.3) is 0 Å². The molecule has 2 aromatic rings. The predicted molar refractivity (Wildman–Crippen MR) is 89.6 cm³/mol. The zero-order valence-corrected chi connectivity index (χ0v) is 13.6. The molecule has 0 radical (unpaired) electrons. The summed E-state index contributed by atoms with van der Waals surface area (Å²) < 4.78 is 27.4. The standard InChI is InChI=1S/C15H18N2O2S2/c1-3-16-12-8-10-13(11-9-12)21(18,19)17-14-6-4-5-7-15(14)20-2/h4-11,16-17H,3H2,1-2H3. The first-order valence-corrected chi connectivity index (χ1v) is 9.27. The maximum absolute atomic E-state index is 12.4. The summed E-state index contributed by atoms with van der Waals surface area (Å²) in [6.45, 7) is 2.79. The van der Waals surface area contributed by atoms with Gasteiger partial charge in [0.15, 0.2) is 0 Å². The van der Waals surface area contributed by atoms with Gasteiger partial charge in [0.2, 0.25) is 0 Å². The van der Waals surface area contributed by atoms with Gasteiger partial charge < -0.3 is 5.32 Å². The van der Waals surface area contributed by atoms with Crippen molar-refractivity contribution < 1.29 is 8.42 Å². The summed E-state index contributed by atoms with van der Waals surface area (Å²) >= 11 is 1.50. The predicted octanol–water partition coefficient (Wildman–Crippen LogP) is 3.64. The largest absolute Gasteiger partial charge is 0.385 e. The number of anilines is 2. The monoisotopic (exact) mass is 322 g/mol. The molecule has 0 fully saturated rings. The molecule has 0 aromatic heterocycles. The van der Waals surface area contributed by atoms with E-state index in [1.54, 1.807) is 30.3 Å². The van der Waals surface area contributed by atoms with Crippen LogP contribution < -0.4 is 10.0 Å². The number of benzene rings is 2. The van der Waals surface area contributed by atoms with Gasteiger partial charge in [-0.3, -0.25) is 4.72 Å². The minimum absolute atomic E-state index is 0.250. The van der Waals surface area contributed by atoms with Crippen LogP contribution in [0.5, 0.6) is 0 Å². The number of hydrogen-bond donors (Lipinski definition) is 2. The molecule has 4 nitrogen and oxygen atoms in total. The molecule has 0 amide bonds. The average molecular weight is 322 g/mol. The molecule has 6 heteroatoms. The molecule has 2 rings (SSSR count). The van der Waals surface area contributed by atoms with Crippen LogP contribution in [0.2, 0.25) is 0 Å². The molecule has 0 unspecified atom stereocenters. The Morgan fingerprint density at radius 2 is 1.71 bits per heavy atom. The molecule has 112 valence electrons. The quantitative estimate of drug-likeness (QED) is 0.797. The zero-order chi connectivity index (χ0) is 15.3. The van der Waals surface area contributed by atoms with Gasteiger partial charge in [-0.1, -0.05) is 12.1 Å². The van der Waals surface area contributed by atoms with Crippen LogP contribution in [0.4, 0.5) is 11.4 Å². The minimum Gasteiger partial charge on any atom is -0.385 e. The topological polar surface area (TPSA) is 58.2 Å². The van der Waals surface area contributed by atoms with Crippen molar-refractivity contribution in [3.05, 3.63) is 48.5 Å². The van der Waals surface area contributed by atoms with Crippen molar-refractivity contribution in [3.63, 3.8) is 0 Å². The van der Waals surface area contributed by atoms with Gasteiger partial charge >= 0.3 is 0 Å². The van der Waals surface area contributed by atoms with Crippen LogP contribution in [0.1, 0.15) is 6.92 Å². The first kappa shape index (κ1) is 15.7. The second kappa shape index (κ2) is 6.87. The van der Waals surface area contributed by atoms with E-state index >= 15 is 0 Å². The minimum atomic E-state index is -3.57. The number of para-hydroxylation sites is 1. The normalized spacial score (nSPS) is 11.1. The van der Waals surface area contributed by atoms with Gasteiger partial charge in [0.1, 0.15) is 0 Å². The Hall–Kier alpha value is -1.66. The zero-order valence-electron chi connectivity index (χ0n) is 12.0. The first-order chi connectivity index (χ1) is 10.1. The summed E-state index contributed by atoms with van der Waals surface area (Å²) in [7, 11) is -3.57. The Balaban J connectivity index is 2.25. The third-order valence-corrected chi connectivity index (χ3v) is 5.07. The molecule has 0 atom stereocenters. The first-order valence-electron chi connectivity index (χ1n) is 6.56. The van der Waals surface area contributed by atoms with Crippen LogP contribution in [0.15, 0.2) is 58.3 Å². The summed E-state index contributed by atoms with van der Waals surface area (Å²) in [6.07, 6.45) is 1.92. The number of nitrogens with one attached hydrogen (secondary N) is 2. The van der Waals surface area contributed by atoms with Crippen molar-refractivity contribution in [3.8, 4) is 0 Å². The van der Waals surface area contributed by atoms with Gasteiger partial charge in [-0.05, 0) is 49.6 Å². The number of rotatable bonds is 6. The van der Waals surface area contributed by atoms with Crippen molar-refractivity contribution in [1.29, 1.82) is 0 Å². The lowest BCUT2D eigenvalue weighted by molar-refractivity contribution is 0.601. The Kier molecular flexibility index (Phi) is 5.14. The van der Waals surface area contributed by atoms with Crippen LogP contribution in [0.3, 0.4) is 0 Å². The van der Waals surface area contributed by atoms with E-state index in [1.165, 1.54) is 11.8 Å². The van der Waals surface area contributed by atoms with Crippen LogP contribution in [0, 0.1) is 0 Å². The Morgan fingerprint density at radius 3 is 2.33 bits per heavy atom. The van der Waals surface area contributed by atoms with E-state index in [0.717, 1.165) is 17.1 Å². The summed E-state index contributed by atoms with van der Waals surface area (Å²) in [4.78, 5) is 1.14. The third-order valence-electron chi connectivity index (χ3n) is 2.90. The maximum atomic E-state index is 12.4.